The van der Waals surface area contributed by atoms with Crippen molar-refractivity contribution in [1.29, 1.82) is 0 Å². The van der Waals surface area contributed by atoms with Crippen molar-refractivity contribution < 1.29 is 0 Å². The van der Waals surface area contributed by atoms with Crippen LogP contribution in [0.5, 0.6) is 0 Å². The van der Waals surface area contributed by atoms with E-state index in [9.17, 15) is 0 Å². The van der Waals surface area contributed by atoms with Gasteiger partial charge in [-0.25, -0.2) is 4.98 Å². The van der Waals surface area contributed by atoms with E-state index in [2.05, 4.69) is 71.3 Å². The first kappa shape index (κ1) is 16.6. The fourth-order valence-corrected chi connectivity index (χ4v) is 3.42. The summed E-state index contributed by atoms with van der Waals surface area (Å²) in [5.41, 5.74) is 3.35. The molecule has 0 N–H and O–H groups in total. The molecule has 0 atom stereocenters. The number of para-hydroxylation sites is 1. The number of nitrogens with zero attached hydrogens (tertiary/aromatic N) is 4. The molecule has 1 aromatic heterocycles. The van der Waals surface area contributed by atoms with E-state index in [1.54, 1.807) is 0 Å². The zero-order chi connectivity index (χ0) is 17.8. The number of benzene rings is 2. The van der Waals surface area contributed by atoms with Gasteiger partial charge < -0.3 is 9.80 Å². The van der Waals surface area contributed by atoms with Gasteiger partial charge in [0.15, 0.2) is 0 Å². The number of hydrogen-bond donors (Lipinski definition) is 0. The lowest BCUT2D eigenvalue weighted by molar-refractivity contribution is 0.872. The average Bonchev–Trinajstić information content (AvgIpc) is 3.22. The molecule has 4 nitrogen and oxygen atoms in total. The predicted octanol–water partition coefficient (Wildman–Crippen LogP) is 4.72. The summed E-state index contributed by atoms with van der Waals surface area (Å²) in [7, 11) is 0. The van der Waals surface area contributed by atoms with Gasteiger partial charge in [0.25, 0.3) is 0 Å². The third-order valence-electron chi connectivity index (χ3n) is 4.75. The number of anilines is 3. The molecular weight excluding hydrogens is 320 g/mol. The highest BCUT2D eigenvalue weighted by Crippen LogP contribution is 2.27. The molecule has 4 heteroatoms. The lowest BCUT2D eigenvalue weighted by Gasteiger charge is -2.25. The van der Waals surface area contributed by atoms with Gasteiger partial charge in [0.1, 0.15) is 5.82 Å². The highest BCUT2D eigenvalue weighted by atomic mass is 15.3. The largest absolute Gasteiger partial charge is 0.356 e. The SMILES string of the molecule is Cc1cc(N2CCCC2)nc(N(Cc2ccccc2)c2ccccc2)n1. The van der Waals surface area contributed by atoms with Crippen molar-refractivity contribution >= 4 is 17.5 Å². The van der Waals surface area contributed by atoms with Gasteiger partial charge in [0, 0.05) is 30.5 Å². The maximum Gasteiger partial charge on any atom is 0.232 e. The molecule has 0 unspecified atom stereocenters. The van der Waals surface area contributed by atoms with Crippen LogP contribution in [0.25, 0.3) is 0 Å². The molecule has 0 spiro atoms. The molecule has 3 aromatic rings. The maximum absolute atomic E-state index is 4.93. The monoisotopic (exact) mass is 344 g/mol. The minimum Gasteiger partial charge on any atom is -0.356 e. The molecule has 0 saturated carbocycles. The van der Waals surface area contributed by atoms with Gasteiger partial charge >= 0.3 is 0 Å². The van der Waals surface area contributed by atoms with Gasteiger partial charge in [0.05, 0.1) is 6.54 Å². The molecule has 132 valence electrons. The van der Waals surface area contributed by atoms with Crippen LogP contribution in [0, 0.1) is 6.92 Å². The lowest BCUT2D eigenvalue weighted by Crippen LogP contribution is -2.23. The molecule has 2 heterocycles. The Balaban J connectivity index is 1.73. The van der Waals surface area contributed by atoms with Crippen molar-refractivity contribution in [2.24, 2.45) is 0 Å². The second-order valence-corrected chi connectivity index (χ2v) is 6.77. The smallest absolute Gasteiger partial charge is 0.232 e. The zero-order valence-corrected chi connectivity index (χ0v) is 15.2. The van der Waals surface area contributed by atoms with Crippen LogP contribution in [0.1, 0.15) is 24.1 Å². The van der Waals surface area contributed by atoms with Crippen molar-refractivity contribution in [2.75, 3.05) is 22.9 Å². The first-order chi connectivity index (χ1) is 12.8. The summed E-state index contributed by atoms with van der Waals surface area (Å²) in [5, 5.41) is 0. The molecule has 0 aliphatic carbocycles. The second-order valence-electron chi connectivity index (χ2n) is 6.77. The minimum absolute atomic E-state index is 0.744. The Morgan fingerprint density at radius 1 is 0.885 bits per heavy atom. The van der Waals surface area contributed by atoms with Crippen LogP contribution < -0.4 is 9.80 Å². The Hall–Kier alpha value is -2.88. The normalized spacial score (nSPS) is 13.8. The molecule has 2 aromatic carbocycles. The van der Waals surface area contributed by atoms with E-state index in [4.69, 9.17) is 9.97 Å². The minimum atomic E-state index is 0.744. The molecule has 1 aliphatic rings. The third kappa shape index (κ3) is 3.69. The maximum atomic E-state index is 4.93. The molecule has 26 heavy (non-hydrogen) atoms. The fraction of sp³-hybridized carbons (Fsp3) is 0.273. The molecule has 1 fully saturated rings. The lowest BCUT2D eigenvalue weighted by atomic mass is 10.2. The number of hydrogen-bond acceptors (Lipinski definition) is 4. The molecule has 1 aliphatic heterocycles. The van der Waals surface area contributed by atoms with Crippen LogP contribution in [-0.4, -0.2) is 23.1 Å². The van der Waals surface area contributed by atoms with E-state index in [1.165, 1.54) is 18.4 Å². The molecule has 0 amide bonds. The van der Waals surface area contributed by atoms with Crippen LogP contribution in [0.3, 0.4) is 0 Å². The Kier molecular flexibility index (Phi) is 4.82. The van der Waals surface area contributed by atoms with E-state index in [0.717, 1.165) is 42.8 Å². The van der Waals surface area contributed by atoms with Crippen LogP contribution in [0.2, 0.25) is 0 Å². The first-order valence-corrected chi connectivity index (χ1v) is 9.27. The summed E-state index contributed by atoms with van der Waals surface area (Å²) in [6.07, 6.45) is 2.48. The quantitative estimate of drug-likeness (QED) is 0.670. The molecule has 0 radical (unpaired) electrons. The van der Waals surface area contributed by atoms with Crippen molar-refractivity contribution in [1.82, 2.24) is 9.97 Å². The van der Waals surface area contributed by atoms with Gasteiger partial charge in [-0.2, -0.15) is 4.98 Å². The molecule has 1 saturated heterocycles. The molecule has 4 rings (SSSR count). The molecule has 0 bridgehead atoms. The topological polar surface area (TPSA) is 32.3 Å². The fourth-order valence-electron chi connectivity index (χ4n) is 3.42. The molecular formula is C22H24N4. The summed E-state index contributed by atoms with van der Waals surface area (Å²) in [6.45, 7) is 4.96. The Morgan fingerprint density at radius 3 is 2.23 bits per heavy atom. The van der Waals surface area contributed by atoms with Crippen LogP contribution >= 0.6 is 0 Å². The standard InChI is InChI=1S/C22H24N4/c1-18-16-21(25-14-8-9-15-25)24-22(23-18)26(20-12-6-3-7-13-20)17-19-10-4-2-5-11-19/h2-7,10-13,16H,8-9,14-15,17H2,1H3. The summed E-state index contributed by atoms with van der Waals surface area (Å²) >= 11 is 0. The van der Waals surface area contributed by atoms with E-state index >= 15 is 0 Å². The predicted molar refractivity (Wildman–Crippen MR) is 107 cm³/mol. The van der Waals surface area contributed by atoms with Gasteiger partial charge in [-0.3, -0.25) is 0 Å². The van der Waals surface area contributed by atoms with Gasteiger partial charge in [0.2, 0.25) is 5.95 Å². The summed E-state index contributed by atoms with van der Waals surface area (Å²) < 4.78 is 0. The Bertz CT molecular complexity index is 843. The Morgan fingerprint density at radius 2 is 1.54 bits per heavy atom. The van der Waals surface area contributed by atoms with Crippen LogP contribution in [0.15, 0.2) is 66.7 Å². The van der Waals surface area contributed by atoms with Crippen molar-refractivity contribution in [2.45, 2.75) is 26.3 Å². The van der Waals surface area contributed by atoms with Crippen molar-refractivity contribution in [3.63, 3.8) is 0 Å². The van der Waals surface area contributed by atoms with Crippen molar-refractivity contribution in [3.8, 4) is 0 Å². The second kappa shape index (κ2) is 7.56. The van der Waals surface area contributed by atoms with Gasteiger partial charge in [-0.1, -0.05) is 48.5 Å². The number of aromatic nitrogens is 2. The highest BCUT2D eigenvalue weighted by Gasteiger charge is 2.18. The highest BCUT2D eigenvalue weighted by molar-refractivity contribution is 5.59. The zero-order valence-electron chi connectivity index (χ0n) is 15.2. The van der Waals surface area contributed by atoms with E-state index in [-0.39, 0.29) is 0 Å². The van der Waals surface area contributed by atoms with Crippen LogP contribution in [-0.2, 0) is 6.54 Å². The summed E-state index contributed by atoms with van der Waals surface area (Å²) in [5.74, 6) is 1.81. The summed E-state index contributed by atoms with van der Waals surface area (Å²) in [4.78, 5) is 14.3. The summed E-state index contributed by atoms with van der Waals surface area (Å²) in [6, 6.07) is 23.0. The van der Waals surface area contributed by atoms with Crippen LogP contribution in [0.4, 0.5) is 17.5 Å². The van der Waals surface area contributed by atoms with Crippen molar-refractivity contribution in [3.05, 3.63) is 78.0 Å². The van der Waals surface area contributed by atoms with E-state index in [0.29, 0.717) is 0 Å². The Labute approximate surface area is 155 Å². The number of rotatable bonds is 5. The number of aryl methyl sites for hydroxylation is 1. The average molecular weight is 344 g/mol. The van der Waals surface area contributed by atoms with Gasteiger partial charge in [-0.05, 0) is 37.5 Å². The van der Waals surface area contributed by atoms with E-state index < -0.39 is 0 Å². The first-order valence-electron chi connectivity index (χ1n) is 9.27. The van der Waals surface area contributed by atoms with Gasteiger partial charge in [-0.15, -0.1) is 0 Å². The van der Waals surface area contributed by atoms with E-state index in [1.807, 2.05) is 12.1 Å². The third-order valence-corrected chi connectivity index (χ3v) is 4.75.